The maximum absolute atomic E-state index is 11.5. The quantitative estimate of drug-likeness (QED) is 0.673. The van der Waals surface area contributed by atoms with Crippen LogP contribution in [-0.2, 0) is 4.79 Å². The van der Waals surface area contributed by atoms with Gasteiger partial charge in [-0.25, -0.2) is 0 Å². The Kier molecular flexibility index (Phi) is 4.15. The number of hydrogen-bond acceptors (Lipinski definition) is 1. The van der Waals surface area contributed by atoms with Gasteiger partial charge in [-0.3, -0.25) is 4.79 Å². The first-order valence-corrected chi connectivity index (χ1v) is 6.06. The molecule has 1 saturated carbocycles. The fraction of sp³-hybridized carbons (Fsp3) is 0.923. The molecule has 1 aliphatic rings. The molecule has 0 spiro atoms. The van der Waals surface area contributed by atoms with E-state index in [4.69, 9.17) is 0 Å². The van der Waals surface area contributed by atoms with Gasteiger partial charge in [-0.1, -0.05) is 27.2 Å². The zero-order chi connectivity index (χ0) is 10.7. The molecule has 0 N–H and O–H groups in total. The molecule has 0 heterocycles. The lowest BCUT2D eigenvalue weighted by Crippen LogP contribution is -2.29. The third-order valence-corrected chi connectivity index (χ3v) is 4.17. The van der Waals surface area contributed by atoms with Crippen molar-refractivity contribution < 1.29 is 4.79 Å². The second-order valence-corrected chi connectivity index (χ2v) is 5.15. The molecule has 14 heavy (non-hydrogen) atoms. The minimum absolute atomic E-state index is 0.338. The summed E-state index contributed by atoms with van der Waals surface area (Å²) in [7, 11) is 0. The van der Waals surface area contributed by atoms with Crippen LogP contribution in [0.4, 0.5) is 0 Å². The molecule has 82 valence electrons. The van der Waals surface area contributed by atoms with E-state index < -0.39 is 0 Å². The van der Waals surface area contributed by atoms with E-state index in [1.54, 1.807) is 6.92 Å². The summed E-state index contributed by atoms with van der Waals surface area (Å²) in [5.41, 5.74) is 0. The van der Waals surface area contributed by atoms with Crippen molar-refractivity contribution in [3.8, 4) is 0 Å². The van der Waals surface area contributed by atoms with Crippen LogP contribution < -0.4 is 0 Å². The van der Waals surface area contributed by atoms with E-state index in [0.717, 1.165) is 18.3 Å². The third kappa shape index (κ3) is 2.59. The summed E-state index contributed by atoms with van der Waals surface area (Å²) in [6.45, 7) is 8.59. The molecule has 0 bridgehead atoms. The van der Waals surface area contributed by atoms with E-state index in [-0.39, 0.29) is 0 Å². The topological polar surface area (TPSA) is 17.1 Å². The monoisotopic (exact) mass is 196 g/mol. The number of carbonyl (C=O) groups is 1. The predicted octanol–water partition coefficient (Wildman–Crippen LogP) is 3.67. The largest absolute Gasteiger partial charge is 0.300 e. The Morgan fingerprint density at radius 2 is 1.93 bits per heavy atom. The molecule has 0 aromatic heterocycles. The van der Waals surface area contributed by atoms with Gasteiger partial charge in [-0.2, -0.15) is 0 Å². The number of hydrogen-bond donors (Lipinski definition) is 0. The van der Waals surface area contributed by atoms with Crippen molar-refractivity contribution in [2.75, 3.05) is 0 Å². The summed E-state index contributed by atoms with van der Waals surface area (Å²) < 4.78 is 0. The van der Waals surface area contributed by atoms with Gasteiger partial charge in [0.05, 0.1) is 0 Å². The molecule has 0 aliphatic heterocycles. The van der Waals surface area contributed by atoms with Gasteiger partial charge in [-0.05, 0) is 43.9 Å². The molecule has 1 aliphatic carbocycles. The van der Waals surface area contributed by atoms with Gasteiger partial charge in [0.25, 0.3) is 0 Å². The summed E-state index contributed by atoms with van der Waals surface area (Å²) in [5, 5.41) is 0. The number of ketones is 1. The molecule has 0 saturated heterocycles. The Hall–Kier alpha value is -0.330. The van der Waals surface area contributed by atoms with E-state index in [1.165, 1.54) is 19.3 Å². The van der Waals surface area contributed by atoms with E-state index in [2.05, 4.69) is 20.8 Å². The number of rotatable bonds is 3. The molecule has 0 aromatic rings. The predicted molar refractivity (Wildman–Crippen MR) is 60.1 cm³/mol. The Balaban J connectivity index is 2.56. The van der Waals surface area contributed by atoms with Gasteiger partial charge in [-0.15, -0.1) is 0 Å². The van der Waals surface area contributed by atoms with E-state index in [0.29, 0.717) is 17.6 Å². The average molecular weight is 196 g/mol. The normalized spacial score (nSPS) is 35.3. The van der Waals surface area contributed by atoms with Crippen LogP contribution >= 0.6 is 0 Å². The molecule has 1 rings (SSSR count). The molecule has 1 heteroatoms. The van der Waals surface area contributed by atoms with Gasteiger partial charge in [0.15, 0.2) is 0 Å². The Bertz CT molecular complexity index is 197. The van der Waals surface area contributed by atoms with Crippen molar-refractivity contribution in [1.82, 2.24) is 0 Å². The zero-order valence-corrected chi connectivity index (χ0v) is 10.0. The van der Waals surface area contributed by atoms with Crippen LogP contribution in [0.5, 0.6) is 0 Å². The van der Waals surface area contributed by atoms with Crippen LogP contribution in [-0.4, -0.2) is 5.78 Å². The summed E-state index contributed by atoms with van der Waals surface area (Å²) in [4.78, 5) is 11.5. The molecule has 4 unspecified atom stereocenters. The number of Topliss-reactive ketones (excluding diaryl/α,β-unsaturated/α-hetero) is 1. The van der Waals surface area contributed by atoms with Crippen molar-refractivity contribution in [3.05, 3.63) is 0 Å². The minimum atomic E-state index is 0.338. The van der Waals surface area contributed by atoms with Gasteiger partial charge < -0.3 is 0 Å². The van der Waals surface area contributed by atoms with Gasteiger partial charge in [0, 0.05) is 5.92 Å². The first kappa shape index (κ1) is 11.7. The van der Waals surface area contributed by atoms with Crippen LogP contribution in [0.2, 0.25) is 0 Å². The lowest BCUT2D eigenvalue weighted by molar-refractivity contribution is -0.123. The Morgan fingerprint density at radius 1 is 1.29 bits per heavy atom. The maximum atomic E-state index is 11.5. The lowest BCUT2D eigenvalue weighted by atomic mass is 9.70. The second-order valence-electron chi connectivity index (χ2n) is 5.15. The Morgan fingerprint density at radius 3 is 2.36 bits per heavy atom. The summed E-state index contributed by atoms with van der Waals surface area (Å²) in [6, 6.07) is 0. The molecule has 0 radical (unpaired) electrons. The fourth-order valence-electron chi connectivity index (χ4n) is 2.91. The molecular weight excluding hydrogens is 172 g/mol. The van der Waals surface area contributed by atoms with Crippen molar-refractivity contribution in [2.24, 2.45) is 23.7 Å². The van der Waals surface area contributed by atoms with Crippen LogP contribution in [0, 0.1) is 23.7 Å². The molecule has 1 nitrogen and oxygen atoms in total. The minimum Gasteiger partial charge on any atom is -0.300 e. The highest BCUT2D eigenvalue weighted by Gasteiger charge is 2.31. The van der Waals surface area contributed by atoms with Crippen LogP contribution in [0.1, 0.15) is 53.4 Å². The van der Waals surface area contributed by atoms with Crippen LogP contribution in [0.15, 0.2) is 0 Å². The molecule has 4 atom stereocenters. The molecule has 0 aromatic carbocycles. The summed E-state index contributed by atoms with van der Waals surface area (Å²) >= 11 is 0. The second kappa shape index (κ2) is 4.95. The third-order valence-electron chi connectivity index (χ3n) is 4.17. The highest BCUT2D eigenvalue weighted by atomic mass is 16.1. The van der Waals surface area contributed by atoms with Gasteiger partial charge >= 0.3 is 0 Å². The van der Waals surface area contributed by atoms with E-state index >= 15 is 0 Å². The smallest absolute Gasteiger partial charge is 0.133 e. The number of carbonyl (C=O) groups excluding carboxylic acids is 1. The summed E-state index contributed by atoms with van der Waals surface area (Å²) in [6.07, 6.45) is 4.87. The first-order valence-electron chi connectivity index (χ1n) is 6.06. The first-order chi connectivity index (χ1) is 6.56. The highest BCUT2D eigenvalue weighted by Crippen LogP contribution is 2.38. The average Bonchev–Trinajstić information content (AvgIpc) is 2.11. The molecule has 1 fully saturated rings. The Labute approximate surface area is 88.3 Å². The fourth-order valence-corrected chi connectivity index (χ4v) is 2.91. The van der Waals surface area contributed by atoms with Crippen LogP contribution in [0.3, 0.4) is 0 Å². The highest BCUT2D eigenvalue weighted by molar-refractivity contribution is 5.78. The van der Waals surface area contributed by atoms with Gasteiger partial charge in [0.2, 0.25) is 0 Å². The standard InChI is InChI=1S/C13H24O/c1-5-13(11(4)14)12-7-6-9(2)10(3)8-12/h9-10,12-13H,5-8H2,1-4H3. The molecule has 0 amide bonds. The maximum Gasteiger partial charge on any atom is 0.133 e. The lowest BCUT2D eigenvalue weighted by Gasteiger charge is -2.35. The van der Waals surface area contributed by atoms with Crippen molar-refractivity contribution >= 4 is 5.78 Å². The van der Waals surface area contributed by atoms with Crippen molar-refractivity contribution in [3.63, 3.8) is 0 Å². The molecular formula is C13H24O. The van der Waals surface area contributed by atoms with Gasteiger partial charge in [0.1, 0.15) is 5.78 Å². The SMILES string of the molecule is CCC(C(C)=O)C1CCC(C)C(C)C1. The van der Waals surface area contributed by atoms with Crippen LogP contribution in [0.25, 0.3) is 0 Å². The zero-order valence-electron chi connectivity index (χ0n) is 10.0. The van der Waals surface area contributed by atoms with Crippen molar-refractivity contribution in [2.45, 2.75) is 53.4 Å². The van der Waals surface area contributed by atoms with E-state index in [1.807, 2.05) is 0 Å². The van der Waals surface area contributed by atoms with Crippen molar-refractivity contribution in [1.29, 1.82) is 0 Å². The summed E-state index contributed by atoms with van der Waals surface area (Å²) in [5.74, 6) is 3.07. The van der Waals surface area contributed by atoms with E-state index in [9.17, 15) is 4.79 Å².